The standard InChI is InChI=1S/C13H19N3O/c1-11(13(17)16-7-2-3-8-16)15-10-12-5-4-6-14-9-12/h4-6,9,11,15H,2-3,7-8,10H2,1H3. The number of nitrogens with zero attached hydrogens (tertiary/aromatic N) is 2. The molecule has 0 spiro atoms. The first kappa shape index (κ1) is 12.0. The molecule has 1 aliphatic rings. The monoisotopic (exact) mass is 233 g/mol. The van der Waals surface area contributed by atoms with Crippen LogP contribution in [0.4, 0.5) is 0 Å². The van der Waals surface area contributed by atoms with Crippen molar-refractivity contribution in [3.05, 3.63) is 30.1 Å². The quantitative estimate of drug-likeness (QED) is 0.849. The number of amides is 1. The van der Waals surface area contributed by atoms with Crippen LogP contribution in [0.3, 0.4) is 0 Å². The van der Waals surface area contributed by atoms with Gasteiger partial charge < -0.3 is 10.2 Å². The lowest BCUT2D eigenvalue weighted by atomic mass is 10.2. The maximum absolute atomic E-state index is 12.0. The van der Waals surface area contributed by atoms with Gasteiger partial charge in [-0.05, 0) is 31.4 Å². The van der Waals surface area contributed by atoms with Crippen LogP contribution in [0.15, 0.2) is 24.5 Å². The van der Waals surface area contributed by atoms with Crippen LogP contribution in [0.2, 0.25) is 0 Å². The third-order valence-corrected chi connectivity index (χ3v) is 3.12. The van der Waals surface area contributed by atoms with E-state index in [2.05, 4.69) is 10.3 Å². The molecule has 4 heteroatoms. The van der Waals surface area contributed by atoms with Crippen molar-refractivity contribution in [1.82, 2.24) is 15.2 Å². The van der Waals surface area contributed by atoms with Gasteiger partial charge in [-0.2, -0.15) is 0 Å². The summed E-state index contributed by atoms with van der Waals surface area (Å²) in [6.45, 7) is 4.45. The fraction of sp³-hybridized carbons (Fsp3) is 0.538. The molecule has 2 rings (SSSR count). The average molecular weight is 233 g/mol. The number of likely N-dealkylation sites (tertiary alicyclic amines) is 1. The van der Waals surface area contributed by atoms with Gasteiger partial charge in [0.1, 0.15) is 0 Å². The summed E-state index contributed by atoms with van der Waals surface area (Å²) in [5, 5.41) is 3.24. The Bertz CT molecular complexity index is 360. The van der Waals surface area contributed by atoms with Gasteiger partial charge in [-0.1, -0.05) is 6.07 Å². The van der Waals surface area contributed by atoms with E-state index in [1.54, 1.807) is 6.20 Å². The molecule has 1 aromatic heterocycles. The van der Waals surface area contributed by atoms with E-state index in [-0.39, 0.29) is 11.9 Å². The van der Waals surface area contributed by atoms with E-state index in [4.69, 9.17) is 0 Å². The largest absolute Gasteiger partial charge is 0.341 e. The number of nitrogens with one attached hydrogen (secondary N) is 1. The average Bonchev–Trinajstić information content (AvgIpc) is 2.90. The second-order valence-corrected chi connectivity index (χ2v) is 4.50. The molecule has 1 fully saturated rings. The zero-order valence-corrected chi connectivity index (χ0v) is 10.2. The molecule has 1 N–H and O–H groups in total. The van der Waals surface area contributed by atoms with Gasteiger partial charge in [-0.3, -0.25) is 9.78 Å². The van der Waals surface area contributed by atoms with E-state index >= 15 is 0 Å². The molecule has 2 heterocycles. The normalized spacial score (nSPS) is 17.1. The van der Waals surface area contributed by atoms with Crippen molar-refractivity contribution in [2.75, 3.05) is 13.1 Å². The van der Waals surface area contributed by atoms with Crippen molar-refractivity contribution in [2.24, 2.45) is 0 Å². The summed E-state index contributed by atoms with van der Waals surface area (Å²) in [6.07, 6.45) is 5.85. The zero-order chi connectivity index (χ0) is 12.1. The van der Waals surface area contributed by atoms with Crippen LogP contribution in [0.5, 0.6) is 0 Å². The molecule has 17 heavy (non-hydrogen) atoms. The molecule has 1 aliphatic heterocycles. The maximum Gasteiger partial charge on any atom is 0.239 e. The molecule has 1 aromatic rings. The van der Waals surface area contributed by atoms with Crippen molar-refractivity contribution >= 4 is 5.91 Å². The van der Waals surface area contributed by atoms with E-state index in [0.29, 0.717) is 6.54 Å². The molecule has 0 aromatic carbocycles. The minimum Gasteiger partial charge on any atom is -0.341 e. The third kappa shape index (κ3) is 3.27. The van der Waals surface area contributed by atoms with Gasteiger partial charge in [0.05, 0.1) is 6.04 Å². The minimum absolute atomic E-state index is 0.117. The van der Waals surface area contributed by atoms with Gasteiger partial charge >= 0.3 is 0 Å². The van der Waals surface area contributed by atoms with Crippen LogP contribution < -0.4 is 5.32 Å². The van der Waals surface area contributed by atoms with Crippen molar-refractivity contribution in [3.63, 3.8) is 0 Å². The Balaban J connectivity index is 1.80. The number of pyridine rings is 1. The second-order valence-electron chi connectivity index (χ2n) is 4.50. The molecule has 1 unspecified atom stereocenters. The van der Waals surface area contributed by atoms with Gasteiger partial charge in [-0.15, -0.1) is 0 Å². The number of hydrogen-bond donors (Lipinski definition) is 1. The van der Waals surface area contributed by atoms with Crippen molar-refractivity contribution in [1.29, 1.82) is 0 Å². The lowest BCUT2D eigenvalue weighted by Gasteiger charge is -2.21. The number of hydrogen-bond acceptors (Lipinski definition) is 3. The number of carbonyl (C=O) groups excluding carboxylic acids is 1. The second kappa shape index (κ2) is 5.77. The van der Waals surface area contributed by atoms with E-state index in [9.17, 15) is 4.79 Å². The fourth-order valence-corrected chi connectivity index (χ4v) is 2.07. The smallest absolute Gasteiger partial charge is 0.239 e. The van der Waals surface area contributed by atoms with E-state index in [1.165, 1.54) is 0 Å². The first-order valence-corrected chi connectivity index (χ1v) is 6.18. The van der Waals surface area contributed by atoms with E-state index in [1.807, 2.05) is 30.2 Å². The highest BCUT2D eigenvalue weighted by Crippen LogP contribution is 2.09. The van der Waals surface area contributed by atoms with Crippen molar-refractivity contribution in [3.8, 4) is 0 Å². The molecule has 0 bridgehead atoms. The molecule has 92 valence electrons. The molecule has 1 atom stereocenters. The Labute approximate surface area is 102 Å². The third-order valence-electron chi connectivity index (χ3n) is 3.12. The van der Waals surface area contributed by atoms with Gasteiger partial charge in [0.15, 0.2) is 0 Å². The van der Waals surface area contributed by atoms with Crippen LogP contribution in [0.1, 0.15) is 25.3 Å². The Hall–Kier alpha value is -1.42. The highest BCUT2D eigenvalue weighted by molar-refractivity contribution is 5.81. The predicted molar refractivity (Wildman–Crippen MR) is 66.4 cm³/mol. The summed E-state index contributed by atoms with van der Waals surface area (Å²) in [5.74, 6) is 0.214. The minimum atomic E-state index is -0.117. The topological polar surface area (TPSA) is 45.2 Å². The highest BCUT2D eigenvalue weighted by atomic mass is 16.2. The molecule has 1 saturated heterocycles. The first-order chi connectivity index (χ1) is 8.27. The fourth-order valence-electron chi connectivity index (χ4n) is 2.07. The van der Waals surface area contributed by atoms with Gasteiger partial charge in [0, 0.05) is 32.0 Å². The first-order valence-electron chi connectivity index (χ1n) is 6.18. The zero-order valence-electron chi connectivity index (χ0n) is 10.2. The van der Waals surface area contributed by atoms with Crippen molar-refractivity contribution in [2.45, 2.75) is 32.4 Å². The number of carbonyl (C=O) groups is 1. The SMILES string of the molecule is CC(NCc1cccnc1)C(=O)N1CCCC1. The van der Waals surface area contributed by atoms with Gasteiger partial charge in [0.2, 0.25) is 5.91 Å². The molecule has 0 radical (unpaired) electrons. The highest BCUT2D eigenvalue weighted by Gasteiger charge is 2.22. The number of aromatic nitrogens is 1. The maximum atomic E-state index is 12.0. The Morgan fingerprint density at radius 2 is 2.29 bits per heavy atom. The summed E-state index contributed by atoms with van der Waals surface area (Å²) in [4.78, 5) is 18.0. The lowest BCUT2D eigenvalue weighted by Crippen LogP contribution is -2.43. The Kier molecular flexibility index (Phi) is 4.09. The van der Waals surface area contributed by atoms with Crippen LogP contribution in [0, 0.1) is 0 Å². The van der Waals surface area contributed by atoms with Crippen LogP contribution in [-0.4, -0.2) is 34.9 Å². The van der Waals surface area contributed by atoms with Crippen LogP contribution in [-0.2, 0) is 11.3 Å². The molecule has 4 nitrogen and oxygen atoms in total. The van der Waals surface area contributed by atoms with E-state index in [0.717, 1.165) is 31.5 Å². The van der Waals surface area contributed by atoms with Crippen LogP contribution >= 0.6 is 0 Å². The molecule has 0 saturated carbocycles. The van der Waals surface area contributed by atoms with Gasteiger partial charge in [0.25, 0.3) is 0 Å². The van der Waals surface area contributed by atoms with E-state index < -0.39 is 0 Å². The summed E-state index contributed by atoms with van der Waals surface area (Å²) < 4.78 is 0. The molecule has 0 aliphatic carbocycles. The summed E-state index contributed by atoms with van der Waals surface area (Å²) in [5.41, 5.74) is 1.11. The Morgan fingerprint density at radius 3 is 2.94 bits per heavy atom. The lowest BCUT2D eigenvalue weighted by molar-refractivity contribution is -0.131. The molecule has 1 amide bonds. The summed E-state index contributed by atoms with van der Waals surface area (Å²) >= 11 is 0. The molecular formula is C13H19N3O. The summed E-state index contributed by atoms with van der Waals surface area (Å²) in [6, 6.07) is 3.80. The summed E-state index contributed by atoms with van der Waals surface area (Å²) in [7, 11) is 0. The number of rotatable bonds is 4. The predicted octanol–water partition coefficient (Wildman–Crippen LogP) is 1.18. The van der Waals surface area contributed by atoms with Gasteiger partial charge in [-0.25, -0.2) is 0 Å². The van der Waals surface area contributed by atoms with Crippen LogP contribution in [0.25, 0.3) is 0 Å². The Morgan fingerprint density at radius 1 is 1.53 bits per heavy atom. The van der Waals surface area contributed by atoms with Crippen molar-refractivity contribution < 1.29 is 4.79 Å². The molecular weight excluding hydrogens is 214 g/mol.